The summed E-state index contributed by atoms with van der Waals surface area (Å²) in [4.78, 5) is 20.7. The van der Waals surface area contributed by atoms with Crippen molar-refractivity contribution in [2.75, 3.05) is 32.8 Å². The Bertz CT molecular complexity index is 1070. The SMILES string of the molecule is COc1cc(-c2cn(C)c3cnc(NC(C)=O)cc23)nc([C@@]2(OC)CCOC2)c1. The van der Waals surface area contributed by atoms with Gasteiger partial charge in [0.2, 0.25) is 5.91 Å². The zero-order valence-electron chi connectivity index (χ0n) is 17.0. The normalized spacial score (nSPS) is 18.9. The number of methoxy groups -OCH3 is 2. The maximum absolute atomic E-state index is 11.4. The first-order valence-corrected chi connectivity index (χ1v) is 9.38. The summed E-state index contributed by atoms with van der Waals surface area (Å²) in [6, 6.07) is 5.66. The number of fused-ring (bicyclic) bond motifs is 1. The number of ether oxygens (including phenoxy) is 3. The van der Waals surface area contributed by atoms with E-state index in [0.29, 0.717) is 24.8 Å². The molecule has 29 heavy (non-hydrogen) atoms. The summed E-state index contributed by atoms with van der Waals surface area (Å²) in [5.74, 6) is 1.03. The van der Waals surface area contributed by atoms with E-state index in [1.165, 1.54) is 6.92 Å². The fourth-order valence-corrected chi connectivity index (χ4v) is 3.74. The molecule has 3 aromatic heterocycles. The standard InChI is InChI=1S/C21H24N4O4/c1-13(26)23-20-9-15-16(11-25(2)18(15)10-22-20)17-7-14(27-3)8-19(24-17)21(28-4)5-6-29-12-21/h7-11H,5-6,12H2,1-4H3,(H,22,23,26)/t21-/m1/s1. The van der Waals surface area contributed by atoms with Crippen LogP contribution in [-0.2, 0) is 26.9 Å². The van der Waals surface area contributed by atoms with Crippen molar-refractivity contribution in [3.63, 3.8) is 0 Å². The Morgan fingerprint density at radius 2 is 2.14 bits per heavy atom. The second-order valence-electron chi connectivity index (χ2n) is 7.20. The molecule has 1 fully saturated rings. The fraction of sp³-hybridized carbons (Fsp3) is 0.381. The van der Waals surface area contributed by atoms with E-state index in [9.17, 15) is 4.79 Å². The second kappa shape index (κ2) is 7.46. The molecule has 8 nitrogen and oxygen atoms in total. The van der Waals surface area contributed by atoms with Crippen molar-refractivity contribution in [1.29, 1.82) is 0 Å². The highest BCUT2D eigenvalue weighted by atomic mass is 16.5. The van der Waals surface area contributed by atoms with E-state index in [0.717, 1.165) is 34.3 Å². The van der Waals surface area contributed by atoms with Gasteiger partial charge >= 0.3 is 0 Å². The van der Waals surface area contributed by atoms with Crippen molar-refractivity contribution in [2.24, 2.45) is 7.05 Å². The Labute approximate surface area is 168 Å². The quantitative estimate of drug-likeness (QED) is 0.714. The first-order valence-electron chi connectivity index (χ1n) is 9.38. The predicted molar refractivity (Wildman–Crippen MR) is 109 cm³/mol. The van der Waals surface area contributed by atoms with Crippen molar-refractivity contribution in [3.8, 4) is 17.0 Å². The molecule has 0 unspecified atom stereocenters. The van der Waals surface area contributed by atoms with E-state index in [4.69, 9.17) is 19.2 Å². The molecule has 0 saturated carbocycles. The van der Waals surface area contributed by atoms with E-state index in [1.807, 2.05) is 36.0 Å². The van der Waals surface area contributed by atoms with Crippen LogP contribution in [0.25, 0.3) is 22.2 Å². The summed E-state index contributed by atoms with van der Waals surface area (Å²) in [6.45, 7) is 2.54. The smallest absolute Gasteiger partial charge is 0.222 e. The van der Waals surface area contributed by atoms with Gasteiger partial charge in [-0.25, -0.2) is 9.97 Å². The molecule has 1 aliphatic rings. The number of hydrogen-bond acceptors (Lipinski definition) is 6. The molecule has 3 aromatic rings. The molecule has 1 aliphatic heterocycles. The van der Waals surface area contributed by atoms with Gasteiger partial charge in [-0.1, -0.05) is 0 Å². The zero-order valence-corrected chi connectivity index (χ0v) is 17.0. The van der Waals surface area contributed by atoms with Gasteiger partial charge in [0.15, 0.2) is 0 Å². The highest BCUT2D eigenvalue weighted by Crippen LogP contribution is 2.38. The van der Waals surface area contributed by atoms with Crippen molar-refractivity contribution in [1.82, 2.24) is 14.5 Å². The third-order valence-corrected chi connectivity index (χ3v) is 5.33. The number of aryl methyl sites for hydroxylation is 1. The van der Waals surface area contributed by atoms with Crippen LogP contribution < -0.4 is 10.1 Å². The van der Waals surface area contributed by atoms with Gasteiger partial charge in [0.25, 0.3) is 0 Å². The van der Waals surface area contributed by atoms with Crippen LogP contribution in [0.4, 0.5) is 5.82 Å². The molecule has 1 saturated heterocycles. The third kappa shape index (κ3) is 3.45. The Balaban J connectivity index is 1.89. The summed E-state index contributed by atoms with van der Waals surface area (Å²) in [5, 5.41) is 3.67. The van der Waals surface area contributed by atoms with Gasteiger partial charge in [-0.05, 0) is 6.07 Å². The van der Waals surface area contributed by atoms with E-state index in [2.05, 4.69) is 10.3 Å². The number of nitrogens with zero attached hydrogens (tertiary/aromatic N) is 3. The Morgan fingerprint density at radius 3 is 2.79 bits per heavy atom. The van der Waals surface area contributed by atoms with Crippen LogP contribution in [0.15, 0.2) is 30.6 Å². The average Bonchev–Trinajstić information content (AvgIpc) is 3.33. The maximum atomic E-state index is 11.4. The molecule has 4 heterocycles. The molecule has 0 bridgehead atoms. The summed E-state index contributed by atoms with van der Waals surface area (Å²) in [5.41, 5.74) is 2.80. The van der Waals surface area contributed by atoms with Crippen LogP contribution in [-0.4, -0.2) is 47.9 Å². The van der Waals surface area contributed by atoms with Crippen LogP contribution >= 0.6 is 0 Å². The number of nitrogens with one attached hydrogen (secondary N) is 1. The summed E-state index contributed by atoms with van der Waals surface area (Å²) in [7, 11) is 5.27. The number of aromatic nitrogens is 3. The second-order valence-corrected chi connectivity index (χ2v) is 7.20. The number of anilines is 1. The fourth-order valence-electron chi connectivity index (χ4n) is 3.74. The molecule has 1 N–H and O–H groups in total. The van der Waals surface area contributed by atoms with Gasteiger partial charge < -0.3 is 24.1 Å². The van der Waals surface area contributed by atoms with Gasteiger partial charge in [-0.15, -0.1) is 0 Å². The van der Waals surface area contributed by atoms with Crippen molar-refractivity contribution in [2.45, 2.75) is 18.9 Å². The summed E-state index contributed by atoms with van der Waals surface area (Å²) >= 11 is 0. The van der Waals surface area contributed by atoms with E-state index >= 15 is 0 Å². The first kappa shape index (κ1) is 19.4. The van der Waals surface area contributed by atoms with E-state index < -0.39 is 5.60 Å². The minimum Gasteiger partial charge on any atom is -0.497 e. The van der Waals surface area contributed by atoms with Gasteiger partial charge in [-0.2, -0.15) is 0 Å². The number of rotatable bonds is 5. The van der Waals surface area contributed by atoms with Crippen LogP contribution in [0.2, 0.25) is 0 Å². The molecular weight excluding hydrogens is 372 g/mol. The number of amides is 1. The predicted octanol–water partition coefficient (Wildman–Crippen LogP) is 2.86. The number of hydrogen-bond donors (Lipinski definition) is 1. The molecule has 1 amide bonds. The Hall–Kier alpha value is -2.97. The minimum atomic E-state index is -0.587. The molecule has 8 heteroatoms. The Kier molecular flexibility index (Phi) is 4.97. The van der Waals surface area contributed by atoms with Gasteiger partial charge in [0.1, 0.15) is 17.2 Å². The molecular formula is C21H24N4O4. The molecule has 0 radical (unpaired) electrons. The zero-order chi connectivity index (χ0) is 20.6. The molecule has 4 rings (SSSR count). The minimum absolute atomic E-state index is 0.167. The van der Waals surface area contributed by atoms with Crippen molar-refractivity contribution >= 4 is 22.6 Å². The topological polar surface area (TPSA) is 87.5 Å². The molecule has 152 valence electrons. The number of carbonyl (C=O) groups excluding carboxylic acids is 1. The van der Waals surface area contributed by atoms with E-state index in [1.54, 1.807) is 20.4 Å². The summed E-state index contributed by atoms with van der Waals surface area (Å²) < 4.78 is 19.0. The Morgan fingerprint density at radius 1 is 1.31 bits per heavy atom. The number of pyridine rings is 2. The third-order valence-electron chi connectivity index (χ3n) is 5.33. The van der Waals surface area contributed by atoms with Crippen molar-refractivity contribution in [3.05, 3.63) is 36.3 Å². The largest absolute Gasteiger partial charge is 0.497 e. The highest BCUT2D eigenvalue weighted by Gasteiger charge is 2.39. The first-order chi connectivity index (χ1) is 14.0. The van der Waals surface area contributed by atoms with Gasteiger partial charge in [0, 0.05) is 63.4 Å². The number of carbonyl (C=O) groups is 1. The van der Waals surface area contributed by atoms with E-state index in [-0.39, 0.29) is 5.91 Å². The molecule has 0 aromatic carbocycles. The molecule has 0 aliphatic carbocycles. The maximum Gasteiger partial charge on any atom is 0.222 e. The molecule has 0 spiro atoms. The van der Waals surface area contributed by atoms with Gasteiger partial charge in [-0.3, -0.25) is 4.79 Å². The lowest BCUT2D eigenvalue weighted by atomic mass is 9.96. The lowest BCUT2D eigenvalue weighted by molar-refractivity contribution is -0.114. The lowest BCUT2D eigenvalue weighted by Crippen LogP contribution is -2.30. The van der Waals surface area contributed by atoms with Crippen LogP contribution in [0.3, 0.4) is 0 Å². The lowest BCUT2D eigenvalue weighted by Gasteiger charge is -2.26. The highest BCUT2D eigenvalue weighted by molar-refractivity contribution is 5.98. The average molecular weight is 396 g/mol. The van der Waals surface area contributed by atoms with Crippen LogP contribution in [0.5, 0.6) is 5.75 Å². The van der Waals surface area contributed by atoms with Crippen molar-refractivity contribution < 1.29 is 19.0 Å². The van der Waals surface area contributed by atoms with Gasteiger partial charge in [0.05, 0.1) is 36.8 Å². The monoisotopic (exact) mass is 396 g/mol. The van der Waals surface area contributed by atoms with Crippen LogP contribution in [0, 0.1) is 0 Å². The summed E-state index contributed by atoms with van der Waals surface area (Å²) in [6.07, 6.45) is 4.47. The molecule has 1 atom stereocenters. The van der Waals surface area contributed by atoms with Crippen LogP contribution in [0.1, 0.15) is 19.0 Å².